The summed E-state index contributed by atoms with van der Waals surface area (Å²) in [5.74, 6) is -1.87. The number of benzene rings is 1. The number of H-pyrrole nitrogens is 1. The highest BCUT2D eigenvalue weighted by molar-refractivity contribution is 5.96. The minimum absolute atomic E-state index is 0. The Balaban J connectivity index is 0.00000256. The Hall–Kier alpha value is -2.97. The fraction of sp³-hybridized carbons (Fsp3) is 0.333. The summed E-state index contributed by atoms with van der Waals surface area (Å²) in [4.78, 5) is 26.5. The first kappa shape index (κ1) is 21.7. The Morgan fingerprint density at radius 2 is 2.07 bits per heavy atom. The van der Waals surface area contributed by atoms with Crippen LogP contribution in [0.3, 0.4) is 0 Å². The highest BCUT2D eigenvalue weighted by atomic mass is 35.5. The molecule has 0 saturated carbocycles. The molecule has 30 heavy (non-hydrogen) atoms. The molecule has 3 aromatic rings. The molecule has 4 rings (SSSR count). The van der Waals surface area contributed by atoms with E-state index in [-0.39, 0.29) is 12.4 Å². The smallest absolute Gasteiger partial charge is 0.345 e. The van der Waals surface area contributed by atoms with Crippen molar-refractivity contribution in [2.45, 2.75) is 26.3 Å². The molecule has 0 fully saturated rings. The van der Waals surface area contributed by atoms with Gasteiger partial charge in [-0.3, -0.25) is 4.79 Å². The van der Waals surface area contributed by atoms with E-state index in [4.69, 9.17) is 0 Å². The predicted molar refractivity (Wildman–Crippen MR) is 119 cm³/mol. The number of nitrogens with zero attached hydrogens (tertiary/aromatic N) is 1. The van der Waals surface area contributed by atoms with E-state index in [2.05, 4.69) is 33.2 Å². The standard InChI is InChI=1S/C21H24N4O4.ClH/c1-3-22-10-12-7-11-8-14-15(9-16(11)25(12)2)23-6-4-5-13-18(14)24-20(27)17(19(13)26)21(28)29;/h7-9,22-23H,3-6,10H2,1-2H3,(H,28,29)(H2,24,26,27);1H. The van der Waals surface area contributed by atoms with Crippen LogP contribution < -0.4 is 16.2 Å². The van der Waals surface area contributed by atoms with Gasteiger partial charge in [-0.15, -0.1) is 12.4 Å². The maximum absolute atomic E-state index is 12.4. The van der Waals surface area contributed by atoms with Crippen molar-refractivity contribution in [1.29, 1.82) is 0 Å². The SMILES string of the molecule is CCNCc1cc2cc3c(cc2n1C)NCCCc1c-3[nH]c(=O)c(C(=O)O)c1O.Cl. The zero-order chi connectivity index (χ0) is 20.7. The summed E-state index contributed by atoms with van der Waals surface area (Å²) >= 11 is 0. The molecule has 0 spiro atoms. The zero-order valence-corrected chi connectivity index (χ0v) is 17.7. The van der Waals surface area contributed by atoms with Gasteiger partial charge in [0, 0.05) is 48.0 Å². The van der Waals surface area contributed by atoms with Crippen LogP contribution in [0.5, 0.6) is 5.75 Å². The highest BCUT2D eigenvalue weighted by Gasteiger charge is 2.25. The number of aromatic nitrogens is 2. The van der Waals surface area contributed by atoms with E-state index in [9.17, 15) is 19.8 Å². The van der Waals surface area contributed by atoms with E-state index >= 15 is 0 Å². The molecule has 0 saturated heterocycles. The van der Waals surface area contributed by atoms with Crippen molar-refractivity contribution in [2.24, 2.45) is 7.05 Å². The monoisotopic (exact) mass is 432 g/mol. The van der Waals surface area contributed by atoms with Gasteiger partial charge in [0.15, 0.2) is 5.56 Å². The second-order valence-corrected chi connectivity index (χ2v) is 7.30. The Bertz CT molecular complexity index is 1180. The number of aromatic hydroxyl groups is 1. The fourth-order valence-corrected chi connectivity index (χ4v) is 4.01. The number of anilines is 1. The molecule has 8 nitrogen and oxygen atoms in total. The molecule has 0 unspecified atom stereocenters. The van der Waals surface area contributed by atoms with Crippen LogP contribution in [0.15, 0.2) is 23.0 Å². The number of aromatic carboxylic acids is 1. The quantitative estimate of drug-likeness (QED) is 0.432. The van der Waals surface area contributed by atoms with Crippen LogP contribution >= 0.6 is 12.4 Å². The van der Waals surface area contributed by atoms with Crippen molar-refractivity contribution in [3.63, 3.8) is 0 Å². The second kappa shape index (κ2) is 8.41. The molecule has 3 heterocycles. The molecular formula is C21H25ClN4O4. The summed E-state index contributed by atoms with van der Waals surface area (Å²) in [6.07, 6.45) is 1.16. The van der Waals surface area contributed by atoms with Crippen LogP contribution in [-0.4, -0.2) is 38.8 Å². The van der Waals surface area contributed by atoms with Crippen molar-refractivity contribution in [2.75, 3.05) is 18.4 Å². The third kappa shape index (κ3) is 3.53. The van der Waals surface area contributed by atoms with Gasteiger partial charge >= 0.3 is 5.97 Å². The van der Waals surface area contributed by atoms with Gasteiger partial charge in [0.2, 0.25) is 0 Å². The zero-order valence-electron chi connectivity index (χ0n) is 16.8. The Kier molecular flexibility index (Phi) is 6.09. The van der Waals surface area contributed by atoms with Crippen LogP contribution in [0.4, 0.5) is 5.69 Å². The number of carbonyl (C=O) groups is 1. The van der Waals surface area contributed by atoms with Crippen LogP contribution in [0.1, 0.15) is 35.0 Å². The molecule has 0 bridgehead atoms. The summed E-state index contributed by atoms with van der Waals surface area (Å²) in [6.45, 7) is 4.35. The van der Waals surface area contributed by atoms with Gasteiger partial charge in [0.1, 0.15) is 5.75 Å². The van der Waals surface area contributed by atoms with Crippen molar-refractivity contribution < 1.29 is 15.0 Å². The lowest BCUT2D eigenvalue weighted by Gasteiger charge is -2.20. The first-order valence-electron chi connectivity index (χ1n) is 9.71. The number of carboxylic acids is 1. The highest BCUT2D eigenvalue weighted by Crippen LogP contribution is 2.38. The number of hydrogen-bond acceptors (Lipinski definition) is 5. The third-order valence-corrected chi connectivity index (χ3v) is 5.53. The van der Waals surface area contributed by atoms with Gasteiger partial charge < -0.3 is 30.4 Å². The van der Waals surface area contributed by atoms with E-state index in [0.29, 0.717) is 30.6 Å². The molecule has 0 radical (unpaired) electrons. The molecule has 0 amide bonds. The van der Waals surface area contributed by atoms with Gasteiger partial charge in [-0.05, 0) is 37.6 Å². The topological polar surface area (TPSA) is 119 Å². The van der Waals surface area contributed by atoms with Gasteiger partial charge in [0.05, 0.1) is 11.2 Å². The van der Waals surface area contributed by atoms with Gasteiger partial charge in [-0.2, -0.15) is 0 Å². The summed E-state index contributed by atoms with van der Waals surface area (Å²) in [5, 5.41) is 27.6. The lowest BCUT2D eigenvalue weighted by Crippen LogP contribution is -2.21. The number of carboxylic acid groups (broad SMARTS) is 1. The third-order valence-electron chi connectivity index (χ3n) is 5.53. The average Bonchev–Trinajstić information content (AvgIpc) is 2.97. The van der Waals surface area contributed by atoms with Gasteiger partial charge in [-0.1, -0.05) is 6.92 Å². The number of aryl methyl sites for hydroxylation is 1. The molecule has 0 atom stereocenters. The van der Waals surface area contributed by atoms with Crippen LogP contribution in [-0.2, 0) is 20.0 Å². The Morgan fingerprint density at radius 3 is 2.77 bits per heavy atom. The van der Waals surface area contributed by atoms with Crippen molar-refractivity contribution in [3.8, 4) is 17.0 Å². The molecule has 1 aliphatic heterocycles. The molecule has 0 aliphatic carbocycles. The summed E-state index contributed by atoms with van der Waals surface area (Å²) in [6, 6.07) is 6.11. The number of pyridine rings is 1. The normalized spacial score (nSPS) is 12.9. The van der Waals surface area contributed by atoms with E-state index in [1.165, 1.54) is 0 Å². The number of hydrogen-bond donors (Lipinski definition) is 5. The van der Waals surface area contributed by atoms with E-state index in [0.717, 1.165) is 40.9 Å². The lowest BCUT2D eigenvalue weighted by atomic mass is 9.95. The Morgan fingerprint density at radius 1 is 1.30 bits per heavy atom. The maximum atomic E-state index is 12.4. The maximum Gasteiger partial charge on any atom is 0.345 e. The van der Waals surface area contributed by atoms with Crippen molar-refractivity contribution in [1.82, 2.24) is 14.9 Å². The first-order valence-corrected chi connectivity index (χ1v) is 9.71. The summed E-state index contributed by atoms with van der Waals surface area (Å²) in [7, 11) is 2.02. The number of nitrogens with one attached hydrogen (secondary N) is 3. The molecule has 1 aliphatic rings. The number of rotatable bonds is 4. The second-order valence-electron chi connectivity index (χ2n) is 7.30. The van der Waals surface area contributed by atoms with Crippen molar-refractivity contribution >= 4 is 35.0 Å². The largest absolute Gasteiger partial charge is 0.506 e. The molecule has 2 aromatic heterocycles. The van der Waals surface area contributed by atoms with Gasteiger partial charge in [0.25, 0.3) is 5.56 Å². The van der Waals surface area contributed by atoms with E-state index < -0.39 is 22.8 Å². The summed E-state index contributed by atoms with van der Waals surface area (Å²) < 4.78 is 2.13. The number of aromatic amines is 1. The molecule has 9 heteroatoms. The summed E-state index contributed by atoms with van der Waals surface area (Å²) in [5.41, 5.74) is 3.31. The lowest BCUT2D eigenvalue weighted by molar-refractivity contribution is 0.0691. The first-order chi connectivity index (χ1) is 13.9. The minimum atomic E-state index is -1.43. The molecule has 1 aromatic carbocycles. The van der Waals surface area contributed by atoms with E-state index in [1.807, 2.05) is 19.2 Å². The van der Waals surface area contributed by atoms with Crippen LogP contribution in [0.25, 0.3) is 22.2 Å². The Labute approximate surface area is 179 Å². The number of halogens is 1. The molecular weight excluding hydrogens is 408 g/mol. The fourth-order valence-electron chi connectivity index (χ4n) is 4.01. The minimum Gasteiger partial charge on any atom is -0.506 e. The van der Waals surface area contributed by atoms with E-state index in [1.54, 1.807) is 0 Å². The van der Waals surface area contributed by atoms with Crippen LogP contribution in [0.2, 0.25) is 0 Å². The van der Waals surface area contributed by atoms with Crippen molar-refractivity contribution in [3.05, 3.63) is 45.4 Å². The number of fused-ring (bicyclic) bond motifs is 4. The average molecular weight is 433 g/mol. The predicted octanol–water partition coefficient (Wildman–Crippen LogP) is 2.83. The van der Waals surface area contributed by atoms with Gasteiger partial charge in [-0.25, -0.2) is 4.79 Å². The molecule has 160 valence electrons. The molecule has 5 N–H and O–H groups in total. The van der Waals surface area contributed by atoms with Crippen LogP contribution in [0, 0.1) is 0 Å².